The van der Waals surface area contributed by atoms with Crippen LogP contribution in [-0.4, -0.2) is 29.2 Å². The Balaban J connectivity index is 2.09. The highest BCUT2D eigenvalue weighted by atomic mass is 32.1. The van der Waals surface area contributed by atoms with Gasteiger partial charge in [-0.1, -0.05) is 11.8 Å². The third-order valence-electron chi connectivity index (χ3n) is 2.46. The summed E-state index contributed by atoms with van der Waals surface area (Å²) in [5, 5.41) is 13.2. The van der Waals surface area contributed by atoms with E-state index in [0.717, 1.165) is 0 Å². The van der Waals surface area contributed by atoms with Crippen molar-refractivity contribution in [3.63, 3.8) is 0 Å². The standard InChI is InChI=1S/C15H14N2O3S/c1-2-20-13-6-5-12(10-16-13)17-15(19)14-11(4-3-8-18)7-9-21-14/h5-7,9-10,18H,2,8H2,1H3,(H,17,19). The molecule has 21 heavy (non-hydrogen) atoms. The van der Waals surface area contributed by atoms with Gasteiger partial charge in [0.05, 0.1) is 18.5 Å². The summed E-state index contributed by atoms with van der Waals surface area (Å²) in [6, 6.07) is 5.17. The number of nitrogens with zero attached hydrogens (tertiary/aromatic N) is 1. The molecule has 0 fully saturated rings. The second-order valence-electron chi connectivity index (χ2n) is 3.90. The maximum absolute atomic E-state index is 12.2. The zero-order valence-corrected chi connectivity index (χ0v) is 12.2. The molecule has 108 valence electrons. The molecule has 2 rings (SSSR count). The Morgan fingerprint density at radius 1 is 1.48 bits per heavy atom. The Hall–Kier alpha value is -2.36. The van der Waals surface area contributed by atoms with Gasteiger partial charge in [0, 0.05) is 11.6 Å². The molecule has 6 heteroatoms. The molecule has 0 saturated carbocycles. The smallest absolute Gasteiger partial charge is 0.267 e. The fraction of sp³-hybridized carbons (Fsp3) is 0.200. The average Bonchev–Trinajstić information content (AvgIpc) is 2.96. The van der Waals surface area contributed by atoms with Gasteiger partial charge in [0.1, 0.15) is 11.5 Å². The number of aliphatic hydroxyl groups is 1. The van der Waals surface area contributed by atoms with Crippen LogP contribution in [0.5, 0.6) is 5.88 Å². The third kappa shape index (κ3) is 4.05. The number of thiophene rings is 1. The van der Waals surface area contributed by atoms with E-state index in [0.29, 0.717) is 28.6 Å². The van der Waals surface area contributed by atoms with Crippen LogP contribution in [0.2, 0.25) is 0 Å². The summed E-state index contributed by atoms with van der Waals surface area (Å²) >= 11 is 1.30. The number of ether oxygens (including phenoxy) is 1. The lowest BCUT2D eigenvalue weighted by Gasteiger charge is -2.05. The molecule has 0 aliphatic carbocycles. The van der Waals surface area contributed by atoms with Gasteiger partial charge < -0.3 is 15.2 Å². The van der Waals surface area contributed by atoms with Crippen LogP contribution in [0.1, 0.15) is 22.2 Å². The van der Waals surface area contributed by atoms with Gasteiger partial charge in [0.15, 0.2) is 0 Å². The van der Waals surface area contributed by atoms with E-state index < -0.39 is 0 Å². The van der Waals surface area contributed by atoms with Crippen molar-refractivity contribution < 1.29 is 14.6 Å². The number of hydrogen-bond donors (Lipinski definition) is 2. The van der Waals surface area contributed by atoms with Gasteiger partial charge in [-0.3, -0.25) is 4.79 Å². The number of amides is 1. The summed E-state index contributed by atoms with van der Waals surface area (Å²) in [6.45, 7) is 2.18. The minimum Gasteiger partial charge on any atom is -0.478 e. The molecule has 2 heterocycles. The third-order valence-corrected chi connectivity index (χ3v) is 3.37. The molecule has 2 aromatic rings. The minimum absolute atomic E-state index is 0.236. The van der Waals surface area contributed by atoms with Crippen molar-refractivity contribution in [1.82, 2.24) is 4.98 Å². The van der Waals surface area contributed by atoms with E-state index in [4.69, 9.17) is 9.84 Å². The fourth-order valence-corrected chi connectivity index (χ4v) is 2.34. The van der Waals surface area contributed by atoms with Crippen LogP contribution in [0.3, 0.4) is 0 Å². The van der Waals surface area contributed by atoms with Crippen LogP contribution in [0.15, 0.2) is 29.8 Å². The highest BCUT2D eigenvalue weighted by molar-refractivity contribution is 7.12. The first-order valence-corrected chi connectivity index (χ1v) is 7.20. The average molecular weight is 302 g/mol. The van der Waals surface area contributed by atoms with Crippen molar-refractivity contribution in [3.8, 4) is 17.7 Å². The highest BCUT2D eigenvalue weighted by Crippen LogP contribution is 2.18. The summed E-state index contributed by atoms with van der Waals surface area (Å²) in [5.41, 5.74) is 1.18. The molecule has 0 atom stereocenters. The van der Waals surface area contributed by atoms with Crippen molar-refractivity contribution in [2.45, 2.75) is 6.92 Å². The number of rotatable bonds is 4. The highest BCUT2D eigenvalue weighted by Gasteiger charge is 2.12. The Kier molecular flexibility index (Phi) is 5.32. The largest absolute Gasteiger partial charge is 0.478 e. The van der Waals surface area contributed by atoms with Crippen LogP contribution >= 0.6 is 11.3 Å². The number of nitrogens with one attached hydrogen (secondary N) is 1. The lowest BCUT2D eigenvalue weighted by Crippen LogP contribution is -2.11. The van der Waals surface area contributed by atoms with Crippen molar-refractivity contribution in [3.05, 3.63) is 40.2 Å². The molecular weight excluding hydrogens is 288 g/mol. The van der Waals surface area contributed by atoms with Gasteiger partial charge in [-0.25, -0.2) is 4.98 Å². The first kappa shape index (κ1) is 15.0. The van der Waals surface area contributed by atoms with Gasteiger partial charge in [-0.2, -0.15) is 0 Å². The molecule has 0 saturated heterocycles. The number of hydrogen-bond acceptors (Lipinski definition) is 5. The first-order valence-electron chi connectivity index (χ1n) is 6.32. The molecular formula is C15H14N2O3S. The molecule has 0 aliphatic heterocycles. The van der Waals surface area contributed by atoms with E-state index >= 15 is 0 Å². The zero-order chi connectivity index (χ0) is 15.1. The summed E-state index contributed by atoms with van der Waals surface area (Å²) in [6.07, 6.45) is 1.54. The number of aliphatic hydroxyl groups excluding tert-OH is 1. The predicted octanol–water partition coefficient (Wildman–Crippen LogP) is 2.14. The molecule has 5 nitrogen and oxygen atoms in total. The van der Waals surface area contributed by atoms with Crippen molar-refractivity contribution in [2.75, 3.05) is 18.5 Å². The van der Waals surface area contributed by atoms with E-state index in [1.54, 1.807) is 23.6 Å². The fourth-order valence-electron chi connectivity index (χ4n) is 1.59. The van der Waals surface area contributed by atoms with E-state index in [9.17, 15) is 4.79 Å². The van der Waals surface area contributed by atoms with Crippen LogP contribution in [0.25, 0.3) is 0 Å². The topological polar surface area (TPSA) is 71.5 Å². The maximum Gasteiger partial charge on any atom is 0.267 e. The number of pyridine rings is 1. The van der Waals surface area contributed by atoms with Crippen LogP contribution in [-0.2, 0) is 0 Å². The molecule has 2 N–H and O–H groups in total. The molecule has 2 aromatic heterocycles. The predicted molar refractivity (Wildman–Crippen MR) is 81.6 cm³/mol. The molecule has 0 aliphatic rings. The minimum atomic E-state index is -0.252. The molecule has 0 aromatic carbocycles. The molecule has 0 bridgehead atoms. The monoisotopic (exact) mass is 302 g/mol. The summed E-state index contributed by atoms with van der Waals surface area (Å²) in [5.74, 6) is 5.55. The second kappa shape index (κ2) is 7.43. The SMILES string of the molecule is CCOc1ccc(NC(=O)c2sccc2C#CCO)cn1. The normalized spacial score (nSPS) is 9.62. The van der Waals surface area contributed by atoms with Crippen molar-refractivity contribution in [1.29, 1.82) is 0 Å². The summed E-state index contributed by atoms with van der Waals surface area (Å²) < 4.78 is 5.24. The van der Waals surface area contributed by atoms with E-state index in [-0.39, 0.29) is 12.5 Å². The Morgan fingerprint density at radius 2 is 2.33 bits per heavy atom. The van der Waals surface area contributed by atoms with Gasteiger partial charge in [0.2, 0.25) is 5.88 Å². The lowest BCUT2D eigenvalue weighted by atomic mass is 10.2. The van der Waals surface area contributed by atoms with Gasteiger partial charge in [0.25, 0.3) is 5.91 Å². The lowest BCUT2D eigenvalue weighted by molar-refractivity contribution is 0.103. The molecule has 0 unspecified atom stereocenters. The number of carbonyl (C=O) groups is 1. The van der Waals surface area contributed by atoms with E-state index in [1.165, 1.54) is 17.5 Å². The Labute approximate surface area is 126 Å². The zero-order valence-electron chi connectivity index (χ0n) is 11.4. The van der Waals surface area contributed by atoms with Crippen LogP contribution in [0, 0.1) is 11.8 Å². The molecule has 1 amide bonds. The van der Waals surface area contributed by atoms with E-state index in [1.807, 2.05) is 6.92 Å². The maximum atomic E-state index is 12.2. The van der Waals surface area contributed by atoms with Gasteiger partial charge in [-0.05, 0) is 24.4 Å². The molecule has 0 spiro atoms. The summed E-state index contributed by atoms with van der Waals surface area (Å²) in [7, 11) is 0. The summed E-state index contributed by atoms with van der Waals surface area (Å²) in [4.78, 5) is 16.8. The molecule has 0 radical (unpaired) electrons. The van der Waals surface area contributed by atoms with E-state index in [2.05, 4.69) is 22.1 Å². The quantitative estimate of drug-likeness (QED) is 0.849. The van der Waals surface area contributed by atoms with Crippen LogP contribution in [0.4, 0.5) is 5.69 Å². The number of carbonyl (C=O) groups excluding carboxylic acids is 1. The van der Waals surface area contributed by atoms with Gasteiger partial charge in [-0.15, -0.1) is 11.3 Å². The Bertz CT molecular complexity index is 668. The van der Waals surface area contributed by atoms with Gasteiger partial charge >= 0.3 is 0 Å². The first-order chi connectivity index (χ1) is 10.2. The van der Waals surface area contributed by atoms with Crippen LogP contribution < -0.4 is 10.1 Å². The van der Waals surface area contributed by atoms with Crippen molar-refractivity contribution in [2.24, 2.45) is 0 Å². The second-order valence-corrected chi connectivity index (χ2v) is 4.81. The number of aromatic nitrogens is 1. The number of anilines is 1. The van der Waals surface area contributed by atoms with Crippen molar-refractivity contribution >= 4 is 22.9 Å². The Morgan fingerprint density at radius 3 is 3.00 bits per heavy atom.